The topological polar surface area (TPSA) is 61.4 Å². The van der Waals surface area contributed by atoms with E-state index in [9.17, 15) is 9.59 Å². The number of carbonyl (C=O) groups excluding carboxylic acids is 2. The van der Waals surface area contributed by atoms with Crippen LogP contribution in [0.2, 0.25) is 0 Å². The molecule has 1 aliphatic rings. The van der Waals surface area contributed by atoms with Gasteiger partial charge in [-0.2, -0.15) is 0 Å². The maximum absolute atomic E-state index is 13.2. The molecule has 0 saturated heterocycles. The van der Waals surface area contributed by atoms with Crippen molar-refractivity contribution in [1.29, 1.82) is 0 Å². The Balaban J connectivity index is 1.51. The zero-order valence-electron chi connectivity index (χ0n) is 18.4. The van der Waals surface area contributed by atoms with Crippen molar-refractivity contribution in [3.05, 3.63) is 82.2 Å². The van der Waals surface area contributed by atoms with Crippen LogP contribution in [0.1, 0.15) is 46.1 Å². The Hall–Kier alpha value is -3.12. The number of likely N-dealkylation sites (N-methyl/N-ethyl adjacent to an activating group) is 1. The third-order valence-corrected chi connectivity index (χ3v) is 6.99. The number of nitrogens with zero attached hydrogens (tertiary/aromatic N) is 1. The molecule has 166 valence electrons. The second-order valence-electron chi connectivity index (χ2n) is 7.98. The lowest BCUT2D eigenvalue weighted by Crippen LogP contribution is -2.33. The van der Waals surface area contributed by atoms with E-state index in [1.54, 1.807) is 11.3 Å². The molecule has 0 saturated carbocycles. The van der Waals surface area contributed by atoms with Gasteiger partial charge in [0, 0.05) is 23.7 Å². The van der Waals surface area contributed by atoms with Crippen LogP contribution in [-0.2, 0) is 24.2 Å². The van der Waals surface area contributed by atoms with E-state index in [0.717, 1.165) is 49.0 Å². The highest BCUT2D eigenvalue weighted by molar-refractivity contribution is 7.17. The summed E-state index contributed by atoms with van der Waals surface area (Å²) in [5, 5.41) is 6.78. The molecule has 0 unspecified atom stereocenters. The SMILES string of the molecule is CCN(CC(=O)Nc1sc2c(c1C(=O)NCc1ccccc1)CCCC2)c1ccccc1. The van der Waals surface area contributed by atoms with Gasteiger partial charge in [-0.15, -0.1) is 11.3 Å². The van der Waals surface area contributed by atoms with Crippen molar-refractivity contribution in [2.75, 3.05) is 23.3 Å². The molecule has 2 aromatic carbocycles. The van der Waals surface area contributed by atoms with Crippen molar-refractivity contribution in [2.24, 2.45) is 0 Å². The van der Waals surface area contributed by atoms with Crippen LogP contribution in [0, 0.1) is 0 Å². The normalized spacial score (nSPS) is 12.7. The van der Waals surface area contributed by atoms with Crippen molar-refractivity contribution >= 4 is 33.8 Å². The van der Waals surface area contributed by atoms with E-state index in [4.69, 9.17) is 0 Å². The maximum atomic E-state index is 13.2. The summed E-state index contributed by atoms with van der Waals surface area (Å²) in [5.74, 6) is -0.217. The molecule has 0 spiro atoms. The van der Waals surface area contributed by atoms with E-state index in [0.29, 0.717) is 17.1 Å². The summed E-state index contributed by atoms with van der Waals surface area (Å²) in [5.41, 5.74) is 3.82. The van der Waals surface area contributed by atoms with E-state index in [2.05, 4.69) is 10.6 Å². The number of anilines is 2. The summed E-state index contributed by atoms with van der Waals surface area (Å²) in [6.45, 7) is 3.47. The molecule has 0 atom stereocenters. The lowest BCUT2D eigenvalue weighted by molar-refractivity contribution is -0.114. The van der Waals surface area contributed by atoms with Crippen LogP contribution >= 0.6 is 11.3 Å². The molecule has 4 rings (SSSR count). The van der Waals surface area contributed by atoms with Crippen LogP contribution in [0.4, 0.5) is 10.7 Å². The first kappa shape index (κ1) is 22.1. The number of carbonyl (C=O) groups is 2. The Morgan fingerprint density at radius 3 is 2.38 bits per heavy atom. The molecular weight excluding hydrogens is 418 g/mol. The van der Waals surface area contributed by atoms with Crippen LogP contribution in [0.3, 0.4) is 0 Å². The number of amides is 2. The largest absolute Gasteiger partial charge is 0.362 e. The second kappa shape index (κ2) is 10.5. The molecule has 1 aromatic heterocycles. The summed E-state index contributed by atoms with van der Waals surface area (Å²) < 4.78 is 0. The van der Waals surface area contributed by atoms with Crippen molar-refractivity contribution < 1.29 is 9.59 Å². The van der Waals surface area contributed by atoms with Crippen molar-refractivity contribution in [3.8, 4) is 0 Å². The molecule has 1 heterocycles. The number of aryl methyl sites for hydroxylation is 1. The third-order valence-electron chi connectivity index (χ3n) is 5.78. The van der Waals surface area contributed by atoms with Gasteiger partial charge in [0.2, 0.25) is 5.91 Å². The molecule has 0 fully saturated rings. The zero-order valence-corrected chi connectivity index (χ0v) is 19.2. The van der Waals surface area contributed by atoms with E-state index >= 15 is 0 Å². The summed E-state index contributed by atoms with van der Waals surface area (Å²) in [4.78, 5) is 29.4. The molecule has 0 radical (unpaired) electrons. The second-order valence-corrected chi connectivity index (χ2v) is 9.09. The first-order chi connectivity index (χ1) is 15.7. The lowest BCUT2D eigenvalue weighted by atomic mass is 9.95. The Kier molecular flexibility index (Phi) is 7.22. The predicted octanol–water partition coefficient (Wildman–Crippen LogP) is 5.02. The number of hydrogen-bond donors (Lipinski definition) is 2. The fourth-order valence-corrected chi connectivity index (χ4v) is 5.43. The number of thiophene rings is 1. The van der Waals surface area contributed by atoms with Crippen molar-refractivity contribution in [1.82, 2.24) is 5.32 Å². The Morgan fingerprint density at radius 2 is 1.66 bits per heavy atom. The monoisotopic (exact) mass is 447 g/mol. The van der Waals surface area contributed by atoms with Crippen LogP contribution < -0.4 is 15.5 Å². The number of para-hydroxylation sites is 1. The van der Waals surface area contributed by atoms with E-state index < -0.39 is 0 Å². The van der Waals surface area contributed by atoms with Gasteiger partial charge in [0.25, 0.3) is 5.91 Å². The van der Waals surface area contributed by atoms with Gasteiger partial charge < -0.3 is 15.5 Å². The fourth-order valence-electron chi connectivity index (χ4n) is 4.12. The lowest BCUT2D eigenvalue weighted by Gasteiger charge is -2.22. The molecule has 0 aliphatic heterocycles. The van der Waals surface area contributed by atoms with Crippen molar-refractivity contribution in [2.45, 2.75) is 39.2 Å². The molecular formula is C26H29N3O2S. The third kappa shape index (κ3) is 5.19. The molecule has 0 bridgehead atoms. The van der Waals surface area contributed by atoms with Gasteiger partial charge in [-0.3, -0.25) is 9.59 Å². The molecule has 6 heteroatoms. The number of hydrogen-bond acceptors (Lipinski definition) is 4. The maximum Gasteiger partial charge on any atom is 0.254 e. The summed E-state index contributed by atoms with van der Waals surface area (Å²) in [7, 11) is 0. The molecule has 5 nitrogen and oxygen atoms in total. The van der Waals surface area contributed by atoms with Gasteiger partial charge in [-0.25, -0.2) is 0 Å². The van der Waals surface area contributed by atoms with Gasteiger partial charge >= 0.3 is 0 Å². The minimum atomic E-state index is -0.112. The average Bonchev–Trinajstić information content (AvgIpc) is 3.20. The summed E-state index contributed by atoms with van der Waals surface area (Å²) >= 11 is 1.56. The van der Waals surface area contributed by atoms with E-state index in [1.807, 2.05) is 72.5 Å². The highest BCUT2D eigenvalue weighted by Crippen LogP contribution is 2.38. The zero-order chi connectivity index (χ0) is 22.3. The van der Waals surface area contributed by atoms with E-state index in [1.165, 1.54) is 4.88 Å². The number of rotatable bonds is 8. The Labute approximate surface area is 193 Å². The Bertz CT molecular complexity index is 1060. The first-order valence-electron chi connectivity index (χ1n) is 11.2. The van der Waals surface area contributed by atoms with Gasteiger partial charge in [0.1, 0.15) is 5.00 Å². The minimum Gasteiger partial charge on any atom is -0.362 e. The molecule has 2 N–H and O–H groups in total. The first-order valence-corrected chi connectivity index (χ1v) is 12.0. The fraction of sp³-hybridized carbons (Fsp3) is 0.308. The van der Waals surface area contributed by atoms with Gasteiger partial charge in [0.05, 0.1) is 12.1 Å². The molecule has 3 aromatic rings. The average molecular weight is 448 g/mol. The van der Waals surface area contributed by atoms with Crippen LogP contribution in [0.25, 0.3) is 0 Å². The molecule has 2 amide bonds. The van der Waals surface area contributed by atoms with Crippen LogP contribution in [0.15, 0.2) is 60.7 Å². The quantitative estimate of drug-likeness (QED) is 0.510. The minimum absolute atomic E-state index is 0.105. The van der Waals surface area contributed by atoms with Crippen LogP contribution in [0.5, 0.6) is 0 Å². The number of nitrogens with one attached hydrogen (secondary N) is 2. The predicted molar refractivity (Wildman–Crippen MR) is 132 cm³/mol. The Morgan fingerprint density at radius 1 is 0.969 bits per heavy atom. The van der Waals surface area contributed by atoms with Crippen LogP contribution in [-0.4, -0.2) is 24.9 Å². The van der Waals surface area contributed by atoms with E-state index in [-0.39, 0.29) is 18.4 Å². The standard InChI is InChI=1S/C26H29N3O2S/c1-2-29(20-13-7-4-8-14-20)18-23(30)28-26-24(21-15-9-10-16-22(21)32-26)25(31)27-17-19-11-5-3-6-12-19/h3-8,11-14H,2,9-10,15-18H2,1H3,(H,27,31)(H,28,30). The van der Waals surface area contributed by atoms with Gasteiger partial charge in [-0.05, 0) is 55.9 Å². The molecule has 32 heavy (non-hydrogen) atoms. The van der Waals surface area contributed by atoms with Crippen molar-refractivity contribution in [3.63, 3.8) is 0 Å². The number of benzene rings is 2. The highest BCUT2D eigenvalue weighted by atomic mass is 32.1. The number of fused-ring (bicyclic) bond motifs is 1. The summed E-state index contributed by atoms with van der Waals surface area (Å²) in [6, 6.07) is 19.8. The van der Waals surface area contributed by atoms with Gasteiger partial charge in [0.15, 0.2) is 0 Å². The smallest absolute Gasteiger partial charge is 0.254 e. The molecule has 1 aliphatic carbocycles. The van der Waals surface area contributed by atoms with Gasteiger partial charge in [-0.1, -0.05) is 48.5 Å². The summed E-state index contributed by atoms with van der Waals surface area (Å²) in [6.07, 6.45) is 4.07. The highest BCUT2D eigenvalue weighted by Gasteiger charge is 2.26.